The zero-order valence-electron chi connectivity index (χ0n) is 20.9. The quantitative estimate of drug-likeness (QED) is 0.568. The van der Waals surface area contributed by atoms with Crippen molar-refractivity contribution < 1.29 is 33.3 Å². The standard InChI is InChI=1S/C26H27ClF2N4O5/c1-4-17(36)31-7-8-32-13(10-31)12-38-23-19(25(32)37)24(33-11-14(34)9-26(33,2)3)30-22(21(23)29)18-16(35)6-5-15(27)20(18)28/h4-6,13-14,34-35H,1,7-12H2,2-3H3/t13-,14+/m1/s1. The van der Waals surface area contributed by atoms with Gasteiger partial charge < -0.3 is 29.6 Å². The summed E-state index contributed by atoms with van der Waals surface area (Å²) in [4.78, 5) is 35.3. The van der Waals surface area contributed by atoms with Gasteiger partial charge in [0.1, 0.15) is 29.4 Å². The fraction of sp³-hybridized carbons (Fsp3) is 0.423. The molecule has 4 heterocycles. The lowest BCUT2D eigenvalue weighted by atomic mass is 9.99. The summed E-state index contributed by atoms with van der Waals surface area (Å²) >= 11 is 5.93. The van der Waals surface area contributed by atoms with Gasteiger partial charge in [0.2, 0.25) is 5.91 Å². The number of hydrogen-bond acceptors (Lipinski definition) is 7. The average molecular weight is 549 g/mol. The maximum Gasteiger partial charge on any atom is 0.262 e. The molecule has 0 saturated carbocycles. The number of β-amino-alcohol motifs (C(OH)–C–C–N with tert-alkyl or cyclic N) is 1. The van der Waals surface area contributed by atoms with Crippen LogP contribution in [0.4, 0.5) is 14.6 Å². The summed E-state index contributed by atoms with van der Waals surface area (Å²) in [5, 5.41) is 20.6. The molecule has 0 aliphatic carbocycles. The van der Waals surface area contributed by atoms with Gasteiger partial charge in [-0.15, -0.1) is 0 Å². The number of piperazine rings is 1. The Kier molecular flexibility index (Phi) is 6.47. The van der Waals surface area contributed by atoms with Gasteiger partial charge in [-0.3, -0.25) is 9.59 Å². The van der Waals surface area contributed by atoms with E-state index in [2.05, 4.69) is 11.6 Å². The number of phenolic OH excluding ortho intramolecular Hbond substituents is 1. The first-order valence-corrected chi connectivity index (χ1v) is 12.5. The molecule has 2 atom stereocenters. The van der Waals surface area contributed by atoms with Crippen LogP contribution in [-0.2, 0) is 4.79 Å². The van der Waals surface area contributed by atoms with Gasteiger partial charge in [0.15, 0.2) is 17.4 Å². The van der Waals surface area contributed by atoms with Gasteiger partial charge in [-0.25, -0.2) is 13.8 Å². The molecular weight excluding hydrogens is 522 g/mol. The van der Waals surface area contributed by atoms with E-state index in [0.29, 0.717) is 6.42 Å². The Hall–Kier alpha value is -3.44. The van der Waals surface area contributed by atoms with Crippen molar-refractivity contribution in [2.75, 3.05) is 37.7 Å². The van der Waals surface area contributed by atoms with E-state index in [4.69, 9.17) is 16.3 Å². The third-order valence-electron chi connectivity index (χ3n) is 7.36. The molecule has 0 radical (unpaired) electrons. The number of phenols is 1. The Labute approximate surface area is 222 Å². The topological polar surface area (TPSA) is 106 Å². The first-order chi connectivity index (χ1) is 17.9. The number of ether oxygens (including phenoxy) is 1. The summed E-state index contributed by atoms with van der Waals surface area (Å²) in [6.07, 6.45) is 0.771. The van der Waals surface area contributed by atoms with E-state index < -0.39 is 58.0 Å². The van der Waals surface area contributed by atoms with Crippen molar-refractivity contribution >= 4 is 29.2 Å². The number of aliphatic hydroxyl groups is 1. The summed E-state index contributed by atoms with van der Waals surface area (Å²) in [5.74, 6) is -4.12. The Morgan fingerprint density at radius 1 is 1.24 bits per heavy atom. The van der Waals surface area contributed by atoms with Crippen LogP contribution >= 0.6 is 11.6 Å². The van der Waals surface area contributed by atoms with Crippen LogP contribution in [0.15, 0.2) is 24.8 Å². The Morgan fingerprint density at radius 2 is 1.97 bits per heavy atom. The molecule has 1 aromatic heterocycles. The van der Waals surface area contributed by atoms with Gasteiger partial charge in [-0.2, -0.15) is 0 Å². The summed E-state index contributed by atoms with van der Waals surface area (Å²) < 4.78 is 37.1. The molecule has 2 saturated heterocycles. The van der Waals surface area contributed by atoms with Crippen molar-refractivity contribution in [3.05, 3.63) is 47.0 Å². The number of carbonyl (C=O) groups is 2. The molecule has 38 heavy (non-hydrogen) atoms. The first kappa shape index (κ1) is 26.2. The normalized spacial score (nSPS) is 22.5. The molecule has 3 aliphatic heterocycles. The number of fused-ring (bicyclic) bond motifs is 2. The molecule has 1 aromatic carbocycles. The predicted octanol–water partition coefficient (Wildman–Crippen LogP) is 2.97. The third kappa shape index (κ3) is 4.14. The van der Waals surface area contributed by atoms with Crippen LogP contribution in [0, 0.1) is 11.6 Å². The zero-order valence-corrected chi connectivity index (χ0v) is 21.6. The lowest BCUT2D eigenvalue weighted by Gasteiger charge is -2.40. The molecule has 2 fully saturated rings. The number of halogens is 3. The van der Waals surface area contributed by atoms with Crippen molar-refractivity contribution in [1.82, 2.24) is 14.8 Å². The van der Waals surface area contributed by atoms with E-state index in [9.17, 15) is 19.8 Å². The number of aromatic nitrogens is 1. The molecule has 2 N–H and O–H groups in total. The molecule has 9 nitrogen and oxygen atoms in total. The minimum Gasteiger partial charge on any atom is -0.507 e. The second-order valence-corrected chi connectivity index (χ2v) is 10.7. The monoisotopic (exact) mass is 548 g/mol. The minimum atomic E-state index is -1.13. The number of carbonyl (C=O) groups excluding carboxylic acids is 2. The molecule has 0 unspecified atom stereocenters. The van der Waals surface area contributed by atoms with Crippen molar-refractivity contribution in [3.8, 4) is 22.8 Å². The molecule has 0 spiro atoms. The highest BCUT2D eigenvalue weighted by molar-refractivity contribution is 6.31. The highest BCUT2D eigenvalue weighted by Gasteiger charge is 2.45. The van der Waals surface area contributed by atoms with Gasteiger partial charge in [0.25, 0.3) is 5.91 Å². The second-order valence-electron chi connectivity index (χ2n) is 10.3. The van der Waals surface area contributed by atoms with Crippen molar-refractivity contribution in [1.29, 1.82) is 0 Å². The average Bonchev–Trinajstić information content (AvgIpc) is 3.06. The summed E-state index contributed by atoms with van der Waals surface area (Å²) in [6.45, 7) is 7.69. The SMILES string of the molecule is C=CC(=O)N1CCN2C(=O)c3c(N4C[C@@H](O)CC4(C)C)nc(-c4c(O)ccc(Cl)c4F)c(F)c3OC[C@H]2C1. The largest absolute Gasteiger partial charge is 0.507 e. The Bertz CT molecular complexity index is 1350. The van der Waals surface area contributed by atoms with Crippen LogP contribution in [0.25, 0.3) is 11.3 Å². The van der Waals surface area contributed by atoms with Crippen LogP contribution in [0.5, 0.6) is 11.5 Å². The van der Waals surface area contributed by atoms with Gasteiger partial charge >= 0.3 is 0 Å². The molecule has 2 aromatic rings. The van der Waals surface area contributed by atoms with E-state index in [1.54, 1.807) is 4.90 Å². The number of amides is 2. The highest BCUT2D eigenvalue weighted by Crippen LogP contribution is 2.46. The van der Waals surface area contributed by atoms with Crippen LogP contribution < -0.4 is 9.64 Å². The smallest absolute Gasteiger partial charge is 0.262 e. The molecule has 3 aliphatic rings. The first-order valence-electron chi connectivity index (χ1n) is 12.2. The van der Waals surface area contributed by atoms with Crippen molar-refractivity contribution in [2.45, 2.75) is 38.0 Å². The lowest BCUT2D eigenvalue weighted by Crippen LogP contribution is -2.57. The van der Waals surface area contributed by atoms with Crippen molar-refractivity contribution in [2.24, 2.45) is 0 Å². The Morgan fingerprint density at radius 3 is 2.63 bits per heavy atom. The minimum absolute atomic E-state index is 0.00743. The number of rotatable bonds is 3. The molecule has 0 bridgehead atoms. The Balaban J connectivity index is 1.71. The molecule has 12 heteroatoms. The molecule has 2 amide bonds. The van der Waals surface area contributed by atoms with Crippen molar-refractivity contribution in [3.63, 3.8) is 0 Å². The number of benzene rings is 1. The second kappa shape index (κ2) is 9.39. The fourth-order valence-electron chi connectivity index (χ4n) is 5.48. The van der Waals surface area contributed by atoms with Gasteiger partial charge in [-0.1, -0.05) is 18.2 Å². The number of aliphatic hydroxyl groups excluding tert-OH is 1. The fourth-order valence-corrected chi connectivity index (χ4v) is 5.64. The predicted molar refractivity (Wildman–Crippen MR) is 135 cm³/mol. The molecule has 202 valence electrons. The maximum atomic E-state index is 16.1. The number of hydrogen-bond donors (Lipinski definition) is 2. The van der Waals surface area contributed by atoms with Crippen LogP contribution in [0.3, 0.4) is 0 Å². The number of anilines is 1. The van der Waals surface area contributed by atoms with E-state index in [1.165, 1.54) is 15.9 Å². The number of nitrogens with zero attached hydrogens (tertiary/aromatic N) is 4. The van der Waals surface area contributed by atoms with Gasteiger partial charge in [-0.05, 0) is 38.5 Å². The van der Waals surface area contributed by atoms with E-state index in [0.717, 1.165) is 12.1 Å². The highest BCUT2D eigenvalue weighted by atomic mass is 35.5. The lowest BCUT2D eigenvalue weighted by molar-refractivity contribution is -0.128. The van der Waals surface area contributed by atoms with Gasteiger partial charge in [0, 0.05) is 31.7 Å². The number of pyridine rings is 1. The van der Waals surface area contributed by atoms with E-state index >= 15 is 8.78 Å². The van der Waals surface area contributed by atoms with Crippen LogP contribution in [-0.4, -0.2) is 87.3 Å². The molecular formula is C26H27ClF2N4O5. The maximum absolute atomic E-state index is 16.1. The summed E-state index contributed by atoms with van der Waals surface area (Å²) in [6, 6.07) is 1.66. The van der Waals surface area contributed by atoms with E-state index in [-0.39, 0.29) is 55.1 Å². The summed E-state index contributed by atoms with van der Waals surface area (Å²) in [7, 11) is 0. The van der Waals surface area contributed by atoms with Crippen LogP contribution in [0.1, 0.15) is 30.6 Å². The third-order valence-corrected chi connectivity index (χ3v) is 7.66. The zero-order chi connectivity index (χ0) is 27.5. The number of aromatic hydroxyl groups is 1. The summed E-state index contributed by atoms with van der Waals surface area (Å²) in [5.41, 5.74) is -2.02. The van der Waals surface area contributed by atoms with Crippen LogP contribution in [0.2, 0.25) is 5.02 Å². The van der Waals surface area contributed by atoms with Gasteiger partial charge in [0.05, 0.1) is 22.7 Å². The molecule has 5 rings (SSSR count). The van der Waals surface area contributed by atoms with E-state index in [1.807, 2.05) is 13.8 Å².